The van der Waals surface area contributed by atoms with Crippen LogP contribution in [0.15, 0.2) is 52.3 Å². The lowest BCUT2D eigenvalue weighted by Crippen LogP contribution is -2.35. The molecule has 2 fully saturated rings. The second-order valence-corrected chi connectivity index (χ2v) is 12.6. The third-order valence-electron chi connectivity index (χ3n) is 7.64. The van der Waals surface area contributed by atoms with Gasteiger partial charge in [0.25, 0.3) is 0 Å². The molecule has 0 radical (unpaired) electrons. The highest BCUT2D eigenvalue weighted by molar-refractivity contribution is 8.00. The molecule has 1 amide bonds. The SMILES string of the molecule is Cc1ccc(NC(=O)Cn2c3c(sc2=O)[C@H](c2cccc(Cl)c2Cl)C2C4CCC(C4)C2S3)cc1. The molecular weight excluding hydrogens is 507 g/mol. The topological polar surface area (TPSA) is 51.1 Å². The predicted molar refractivity (Wildman–Crippen MR) is 141 cm³/mol. The Morgan fingerprint density at radius 1 is 1.12 bits per heavy atom. The number of fused-ring (bicyclic) bond motifs is 6. The van der Waals surface area contributed by atoms with Gasteiger partial charge in [-0.3, -0.25) is 14.2 Å². The maximum Gasteiger partial charge on any atom is 0.308 e. The fourth-order valence-corrected chi connectivity index (χ4v) is 9.74. The molecule has 2 aliphatic carbocycles. The number of benzene rings is 2. The van der Waals surface area contributed by atoms with E-state index in [0.717, 1.165) is 26.7 Å². The molecule has 4 nitrogen and oxygen atoms in total. The lowest BCUT2D eigenvalue weighted by Gasteiger charge is -2.40. The van der Waals surface area contributed by atoms with E-state index in [1.165, 1.54) is 30.6 Å². The van der Waals surface area contributed by atoms with Gasteiger partial charge in [0.1, 0.15) is 6.54 Å². The molecule has 2 bridgehead atoms. The number of thiazole rings is 1. The van der Waals surface area contributed by atoms with E-state index in [4.69, 9.17) is 23.2 Å². The van der Waals surface area contributed by atoms with E-state index in [1.807, 2.05) is 55.1 Å². The van der Waals surface area contributed by atoms with Crippen LogP contribution in [0.2, 0.25) is 10.0 Å². The number of amides is 1. The number of rotatable bonds is 4. The molecule has 1 N–H and O–H groups in total. The van der Waals surface area contributed by atoms with Gasteiger partial charge in [0, 0.05) is 21.7 Å². The van der Waals surface area contributed by atoms with Crippen LogP contribution in [-0.4, -0.2) is 15.7 Å². The summed E-state index contributed by atoms with van der Waals surface area (Å²) in [5.74, 6) is 1.59. The van der Waals surface area contributed by atoms with Crippen molar-refractivity contribution in [3.63, 3.8) is 0 Å². The number of anilines is 1. The number of aryl methyl sites for hydroxylation is 1. The largest absolute Gasteiger partial charge is 0.325 e. The first-order valence-electron chi connectivity index (χ1n) is 11.6. The van der Waals surface area contributed by atoms with Crippen LogP contribution in [0.5, 0.6) is 0 Å². The molecule has 4 unspecified atom stereocenters. The third kappa shape index (κ3) is 3.74. The average molecular weight is 532 g/mol. The summed E-state index contributed by atoms with van der Waals surface area (Å²) in [4.78, 5) is 27.0. The van der Waals surface area contributed by atoms with E-state index in [9.17, 15) is 9.59 Å². The minimum atomic E-state index is -0.195. The highest BCUT2D eigenvalue weighted by atomic mass is 35.5. The van der Waals surface area contributed by atoms with Crippen LogP contribution in [0.3, 0.4) is 0 Å². The number of thioether (sulfide) groups is 1. The van der Waals surface area contributed by atoms with E-state index in [2.05, 4.69) is 11.4 Å². The first-order chi connectivity index (χ1) is 16.4. The number of nitrogens with one attached hydrogen (secondary N) is 1. The van der Waals surface area contributed by atoms with Crippen LogP contribution in [0.4, 0.5) is 5.69 Å². The molecule has 2 aromatic carbocycles. The van der Waals surface area contributed by atoms with Gasteiger partial charge < -0.3 is 5.32 Å². The maximum absolute atomic E-state index is 13.2. The van der Waals surface area contributed by atoms with Gasteiger partial charge in [0.2, 0.25) is 5.91 Å². The van der Waals surface area contributed by atoms with Crippen LogP contribution in [0.1, 0.15) is 41.2 Å². The van der Waals surface area contributed by atoms with E-state index in [0.29, 0.717) is 33.0 Å². The number of hydrogen-bond donors (Lipinski definition) is 1. The smallest absolute Gasteiger partial charge is 0.308 e. The molecule has 176 valence electrons. The van der Waals surface area contributed by atoms with Crippen molar-refractivity contribution in [2.75, 3.05) is 5.32 Å². The molecule has 0 spiro atoms. The van der Waals surface area contributed by atoms with Crippen molar-refractivity contribution in [2.24, 2.45) is 17.8 Å². The normalized spacial score (nSPS) is 26.9. The Hall–Kier alpha value is -1.73. The molecule has 6 rings (SSSR count). The van der Waals surface area contributed by atoms with Crippen LogP contribution < -0.4 is 10.2 Å². The highest BCUT2D eigenvalue weighted by Crippen LogP contribution is 2.64. The van der Waals surface area contributed by atoms with Crippen molar-refractivity contribution in [3.05, 3.63) is 78.2 Å². The van der Waals surface area contributed by atoms with Gasteiger partial charge in [-0.15, -0.1) is 11.8 Å². The average Bonchev–Trinajstić information content (AvgIpc) is 3.51. The Morgan fingerprint density at radius 2 is 1.88 bits per heavy atom. The number of carbonyl (C=O) groups excluding carboxylic acids is 1. The van der Waals surface area contributed by atoms with Crippen molar-refractivity contribution < 1.29 is 4.79 Å². The van der Waals surface area contributed by atoms with Crippen LogP contribution in [0, 0.1) is 24.7 Å². The standard InChI is InChI=1S/C26H24Cl2N2O2S2/c1-13-5-9-16(10-6-13)29-19(31)12-30-25-24(34-26(30)32)21(17-3-2-4-18(27)22(17)28)20-14-7-8-15(11-14)23(20)33-25/h2-6,9-10,14-15,20-21,23H,7-8,11-12H2,1H3,(H,29,31)/t14?,15?,20?,21-,23?/m1/s1. The fraction of sp³-hybridized carbons (Fsp3) is 0.385. The zero-order valence-corrected chi connectivity index (χ0v) is 21.7. The summed E-state index contributed by atoms with van der Waals surface area (Å²) < 4.78 is 1.67. The van der Waals surface area contributed by atoms with Crippen molar-refractivity contribution in [3.8, 4) is 0 Å². The Balaban J connectivity index is 1.39. The van der Waals surface area contributed by atoms with Crippen molar-refractivity contribution in [1.29, 1.82) is 0 Å². The van der Waals surface area contributed by atoms with E-state index >= 15 is 0 Å². The summed E-state index contributed by atoms with van der Waals surface area (Å²) in [7, 11) is 0. The molecule has 3 aromatic rings. The van der Waals surface area contributed by atoms with Gasteiger partial charge in [-0.25, -0.2) is 0 Å². The summed E-state index contributed by atoms with van der Waals surface area (Å²) in [6, 6.07) is 13.5. The maximum atomic E-state index is 13.2. The van der Waals surface area contributed by atoms with Crippen molar-refractivity contribution in [1.82, 2.24) is 4.57 Å². The molecular formula is C26H24Cl2N2O2S2. The van der Waals surface area contributed by atoms with Gasteiger partial charge in [-0.2, -0.15) is 0 Å². The lowest BCUT2D eigenvalue weighted by molar-refractivity contribution is -0.116. The highest BCUT2D eigenvalue weighted by Gasteiger charge is 2.55. The van der Waals surface area contributed by atoms with E-state index in [1.54, 1.807) is 4.57 Å². The Bertz CT molecular complexity index is 1330. The Labute approximate surface area is 216 Å². The van der Waals surface area contributed by atoms with Gasteiger partial charge in [0.15, 0.2) is 0 Å². The van der Waals surface area contributed by atoms with E-state index < -0.39 is 0 Å². The quantitative estimate of drug-likeness (QED) is 0.402. The molecule has 3 aliphatic rings. The second-order valence-electron chi connectivity index (χ2n) is 9.65. The summed E-state index contributed by atoms with van der Waals surface area (Å²) in [6.45, 7) is 2.01. The van der Waals surface area contributed by atoms with Crippen molar-refractivity contribution in [2.45, 2.75) is 48.9 Å². The van der Waals surface area contributed by atoms with E-state index in [-0.39, 0.29) is 23.2 Å². The van der Waals surface area contributed by atoms with Crippen molar-refractivity contribution >= 4 is 57.9 Å². The van der Waals surface area contributed by atoms with Crippen LogP contribution >= 0.6 is 46.3 Å². The fourth-order valence-electron chi connectivity index (χ4n) is 6.18. The predicted octanol–water partition coefficient (Wildman–Crippen LogP) is 6.82. The number of halogens is 2. The van der Waals surface area contributed by atoms with Gasteiger partial charge in [0.05, 0.1) is 15.1 Å². The molecule has 2 heterocycles. The summed E-state index contributed by atoms with van der Waals surface area (Å²) in [5.41, 5.74) is 2.87. The number of hydrogen-bond acceptors (Lipinski definition) is 4. The Kier molecular flexibility index (Phi) is 5.84. The molecule has 34 heavy (non-hydrogen) atoms. The number of aromatic nitrogens is 1. The first-order valence-corrected chi connectivity index (χ1v) is 14.1. The molecule has 5 atom stereocenters. The van der Waals surface area contributed by atoms with Gasteiger partial charge in [-0.1, -0.05) is 64.4 Å². The molecule has 1 aromatic heterocycles. The first kappa shape index (κ1) is 22.7. The number of nitrogens with zero attached hydrogens (tertiary/aromatic N) is 1. The molecule has 8 heteroatoms. The third-order valence-corrected chi connectivity index (χ3v) is 11.3. The Morgan fingerprint density at radius 3 is 2.68 bits per heavy atom. The number of carbonyl (C=O) groups is 1. The molecule has 1 aliphatic heterocycles. The van der Waals surface area contributed by atoms with Gasteiger partial charge >= 0.3 is 4.87 Å². The second kappa shape index (κ2) is 8.74. The summed E-state index contributed by atoms with van der Waals surface area (Å²) in [6.07, 6.45) is 3.72. The summed E-state index contributed by atoms with van der Waals surface area (Å²) in [5, 5.41) is 5.43. The lowest BCUT2D eigenvalue weighted by atomic mass is 9.75. The summed E-state index contributed by atoms with van der Waals surface area (Å²) >= 11 is 16.2. The minimum absolute atomic E-state index is 0.00697. The minimum Gasteiger partial charge on any atom is -0.325 e. The molecule has 0 saturated heterocycles. The van der Waals surface area contributed by atoms with Crippen LogP contribution in [0.25, 0.3) is 0 Å². The zero-order chi connectivity index (χ0) is 23.6. The zero-order valence-electron chi connectivity index (χ0n) is 18.6. The van der Waals surface area contributed by atoms with Crippen LogP contribution in [-0.2, 0) is 11.3 Å². The van der Waals surface area contributed by atoms with Gasteiger partial charge in [-0.05, 0) is 67.7 Å². The monoisotopic (exact) mass is 530 g/mol. The molecule has 2 saturated carbocycles.